The molecular weight excluding hydrogens is 273 g/mol. The summed E-state index contributed by atoms with van der Waals surface area (Å²) in [6.07, 6.45) is 1.89. The Morgan fingerprint density at radius 3 is 2.18 bits per heavy atom. The second-order valence-corrected chi connectivity index (χ2v) is 5.68. The molecule has 0 aliphatic carbocycles. The van der Waals surface area contributed by atoms with E-state index >= 15 is 0 Å². The number of pyridine rings is 1. The summed E-state index contributed by atoms with van der Waals surface area (Å²) < 4.78 is 13.1. The van der Waals surface area contributed by atoms with Crippen molar-refractivity contribution in [3.8, 4) is 22.4 Å². The summed E-state index contributed by atoms with van der Waals surface area (Å²) in [4.78, 5) is 4.60. The van der Waals surface area contributed by atoms with Crippen LogP contribution in [0.1, 0.15) is 25.3 Å². The Morgan fingerprint density at radius 1 is 0.864 bits per heavy atom. The van der Waals surface area contributed by atoms with Crippen molar-refractivity contribution in [3.05, 3.63) is 78.2 Å². The second-order valence-electron chi connectivity index (χ2n) is 5.68. The fourth-order valence-corrected chi connectivity index (χ4v) is 2.59. The van der Waals surface area contributed by atoms with E-state index in [-0.39, 0.29) is 5.82 Å². The standard InChI is InChI=1S/C20H18FN/c1-14(2)18-12-20(16-6-4-3-5-7-16)22-13-19(18)15-8-10-17(21)11-9-15/h3-14H,1-2H3. The summed E-state index contributed by atoms with van der Waals surface area (Å²) in [6.45, 7) is 4.33. The van der Waals surface area contributed by atoms with Crippen LogP contribution in [-0.2, 0) is 0 Å². The molecule has 0 radical (unpaired) electrons. The van der Waals surface area contributed by atoms with Crippen LogP contribution in [0.3, 0.4) is 0 Å². The third-order valence-corrected chi connectivity index (χ3v) is 3.78. The molecule has 3 aromatic rings. The van der Waals surface area contributed by atoms with Crippen molar-refractivity contribution in [2.45, 2.75) is 19.8 Å². The molecule has 1 nitrogen and oxygen atoms in total. The van der Waals surface area contributed by atoms with Crippen molar-refractivity contribution in [2.24, 2.45) is 0 Å². The first-order chi connectivity index (χ1) is 10.6. The van der Waals surface area contributed by atoms with E-state index in [2.05, 4.69) is 37.0 Å². The fourth-order valence-electron chi connectivity index (χ4n) is 2.59. The van der Waals surface area contributed by atoms with Gasteiger partial charge >= 0.3 is 0 Å². The van der Waals surface area contributed by atoms with Gasteiger partial charge in [0.15, 0.2) is 0 Å². The first-order valence-electron chi connectivity index (χ1n) is 7.46. The molecule has 0 amide bonds. The zero-order valence-electron chi connectivity index (χ0n) is 12.8. The zero-order valence-corrected chi connectivity index (χ0v) is 12.8. The predicted molar refractivity (Wildman–Crippen MR) is 89.2 cm³/mol. The van der Waals surface area contributed by atoms with Gasteiger partial charge in [-0.2, -0.15) is 0 Å². The molecule has 0 bridgehead atoms. The Hall–Kier alpha value is -2.48. The molecule has 0 fully saturated rings. The van der Waals surface area contributed by atoms with Crippen LogP contribution in [0, 0.1) is 5.82 Å². The Kier molecular flexibility index (Phi) is 4.01. The molecule has 1 aromatic heterocycles. The van der Waals surface area contributed by atoms with Crippen molar-refractivity contribution < 1.29 is 4.39 Å². The molecular formula is C20H18FN. The number of benzene rings is 2. The highest BCUT2D eigenvalue weighted by atomic mass is 19.1. The fraction of sp³-hybridized carbons (Fsp3) is 0.150. The largest absolute Gasteiger partial charge is 0.256 e. The highest BCUT2D eigenvalue weighted by molar-refractivity contribution is 5.71. The Balaban J connectivity index is 2.10. The van der Waals surface area contributed by atoms with Crippen LogP contribution >= 0.6 is 0 Å². The van der Waals surface area contributed by atoms with Crippen LogP contribution in [0.5, 0.6) is 0 Å². The van der Waals surface area contributed by atoms with Gasteiger partial charge in [0, 0.05) is 17.3 Å². The predicted octanol–water partition coefficient (Wildman–Crippen LogP) is 5.68. The molecule has 0 saturated heterocycles. The van der Waals surface area contributed by atoms with Gasteiger partial charge < -0.3 is 0 Å². The van der Waals surface area contributed by atoms with Gasteiger partial charge in [-0.3, -0.25) is 4.98 Å². The molecule has 2 aromatic carbocycles. The lowest BCUT2D eigenvalue weighted by Crippen LogP contribution is -1.96. The summed E-state index contributed by atoms with van der Waals surface area (Å²) in [5, 5.41) is 0. The van der Waals surface area contributed by atoms with E-state index in [0.717, 1.165) is 22.4 Å². The molecule has 1 heterocycles. The maximum Gasteiger partial charge on any atom is 0.123 e. The van der Waals surface area contributed by atoms with Crippen molar-refractivity contribution in [1.82, 2.24) is 4.98 Å². The topological polar surface area (TPSA) is 12.9 Å². The van der Waals surface area contributed by atoms with Gasteiger partial charge in [0.05, 0.1) is 5.69 Å². The first-order valence-corrected chi connectivity index (χ1v) is 7.46. The molecule has 0 spiro atoms. The summed E-state index contributed by atoms with van der Waals surface area (Å²) in [6, 6.07) is 18.9. The third-order valence-electron chi connectivity index (χ3n) is 3.78. The number of hydrogen-bond donors (Lipinski definition) is 0. The van der Waals surface area contributed by atoms with Crippen molar-refractivity contribution in [3.63, 3.8) is 0 Å². The third kappa shape index (κ3) is 2.91. The van der Waals surface area contributed by atoms with E-state index in [4.69, 9.17) is 0 Å². The SMILES string of the molecule is CC(C)c1cc(-c2ccccc2)ncc1-c1ccc(F)cc1. The Bertz CT molecular complexity index is 761. The molecule has 0 aliphatic heterocycles. The summed E-state index contributed by atoms with van der Waals surface area (Å²) in [7, 11) is 0. The van der Waals surface area contributed by atoms with Gasteiger partial charge in [0.25, 0.3) is 0 Å². The number of halogens is 1. The minimum absolute atomic E-state index is 0.219. The van der Waals surface area contributed by atoms with Crippen LogP contribution in [0.15, 0.2) is 66.9 Å². The van der Waals surface area contributed by atoms with E-state index in [1.807, 2.05) is 24.4 Å². The Morgan fingerprint density at radius 2 is 1.55 bits per heavy atom. The minimum Gasteiger partial charge on any atom is -0.256 e. The number of hydrogen-bond acceptors (Lipinski definition) is 1. The van der Waals surface area contributed by atoms with E-state index < -0.39 is 0 Å². The van der Waals surface area contributed by atoms with Crippen molar-refractivity contribution in [1.29, 1.82) is 0 Å². The van der Waals surface area contributed by atoms with Crippen molar-refractivity contribution in [2.75, 3.05) is 0 Å². The zero-order chi connectivity index (χ0) is 15.5. The van der Waals surface area contributed by atoms with Crippen molar-refractivity contribution >= 4 is 0 Å². The molecule has 110 valence electrons. The van der Waals surface area contributed by atoms with Gasteiger partial charge in [0.1, 0.15) is 5.82 Å². The van der Waals surface area contributed by atoms with Crippen LogP contribution in [0.4, 0.5) is 4.39 Å². The molecule has 22 heavy (non-hydrogen) atoms. The molecule has 0 N–H and O–H groups in total. The maximum absolute atomic E-state index is 13.1. The Labute approximate surface area is 130 Å². The minimum atomic E-state index is -0.219. The summed E-state index contributed by atoms with van der Waals surface area (Å²) >= 11 is 0. The van der Waals surface area contributed by atoms with Crippen LogP contribution in [0.25, 0.3) is 22.4 Å². The first kappa shape index (κ1) is 14.5. The lowest BCUT2D eigenvalue weighted by molar-refractivity contribution is 0.628. The number of rotatable bonds is 3. The van der Waals surface area contributed by atoms with Gasteiger partial charge in [-0.05, 0) is 35.2 Å². The van der Waals surface area contributed by atoms with Crippen LogP contribution in [-0.4, -0.2) is 4.98 Å². The van der Waals surface area contributed by atoms with Crippen LogP contribution < -0.4 is 0 Å². The van der Waals surface area contributed by atoms with E-state index in [9.17, 15) is 4.39 Å². The molecule has 0 saturated carbocycles. The van der Waals surface area contributed by atoms with Gasteiger partial charge in [-0.25, -0.2) is 4.39 Å². The van der Waals surface area contributed by atoms with Gasteiger partial charge in [-0.15, -0.1) is 0 Å². The highest BCUT2D eigenvalue weighted by Crippen LogP contribution is 2.31. The monoisotopic (exact) mass is 291 g/mol. The van der Waals surface area contributed by atoms with Gasteiger partial charge in [-0.1, -0.05) is 56.3 Å². The summed E-state index contributed by atoms with van der Waals surface area (Å²) in [5.41, 5.74) is 5.36. The molecule has 0 aliphatic rings. The number of aromatic nitrogens is 1. The average Bonchev–Trinajstić information content (AvgIpc) is 2.56. The lowest BCUT2D eigenvalue weighted by atomic mass is 9.92. The van der Waals surface area contributed by atoms with E-state index in [1.165, 1.54) is 17.7 Å². The molecule has 0 atom stereocenters. The lowest BCUT2D eigenvalue weighted by Gasteiger charge is -2.14. The van der Waals surface area contributed by atoms with Crippen LogP contribution in [0.2, 0.25) is 0 Å². The smallest absolute Gasteiger partial charge is 0.123 e. The van der Waals surface area contributed by atoms with E-state index in [1.54, 1.807) is 12.1 Å². The maximum atomic E-state index is 13.1. The number of nitrogens with zero attached hydrogens (tertiary/aromatic N) is 1. The highest BCUT2D eigenvalue weighted by Gasteiger charge is 2.11. The van der Waals surface area contributed by atoms with E-state index in [0.29, 0.717) is 5.92 Å². The second kappa shape index (κ2) is 6.10. The molecule has 2 heteroatoms. The summed E-state index contributed by atoms with van der Waals surface area (Å²) in [5.74, 6) is 0.147. The quantitative estimate of drug-likeness (QED) is 0.605. The normalized spacial score (nSPS) is 10.9. The average molecular weight is 291 g/mol. The van der Waals surface area contributed by atoms with Gasteiger partial charge in [0.2, 0.25) is 0 Å². The molecule has 0 unspecified atom stereocenters. The molecule has 3 rings (SSSR count).